The first-order valence-corrected chi connectivity index (χ1v) is 3.70. The van der Waals surface area contributed by atoms with Crippen molar-refractivity contribution in [1.29, 1.82) is 0 Å². The summed E-state index contributed by atoms with van der Waals surface area (Å²) >= 11 is 0. The number of rotatable bonds is 0. The molecule has 0 saturated carbocycles. The lowest BCUT2D eigenvalue weighted by Gasteiger charge is -2.27. The Morgan fingerprint density at radius 3 is 2.82 bits per heavy atom. The Labute approximate surface area is 65.1 Å². The van der Waals surface area contributed by atoms with Crippen LogP contribution in [-0.4, -0.2) is 43.7 Å². The molecule has 1 saturated heterocycles. The predicted molar refractivity (Wildman–Crippen MR) is 37.9 cm³/mol. The van der Waals surface area contributed by atoms with Gasteiger partial charge in [-0.3, -0.25) is 4.90 Å². The van der Waals surface area contributed by atoms with E-state index in [0.717, 1.165) is 0 Å². The minimum absolute atomic E-state index is 0.399. The van der Waals surface area contributed by atoms with E-state index in [9.17, 15) is 8.78 Å². The summed E-state index contributed by atoms with van der Waals surface area (Å²) in [6, 6.07) is -0.718. The number of nitrogens with zero attached hydrogens (tertiary/aromatic N) is 1. The maximum absolute atomic E-state index is 12.9. The summed E-state index contributed by atoms with van der Waals surface area (Å²) in [5.74, 6) is -2.70. The molecule has 1 unspecified atom stereocenters. The number of halogens is 2. The van der Waals surface area contributed by atoms with E-state index in [1.165, 1.54) is 6.92 Å². The smallest absolute Gasteiger partial charge is 0.285 e. The van der Waals surface area contributed by atoms with E-state index in [2.05, 4.69) is 0 Å². The van der Waals surface area contributed by atoms with Gasteiger partial charge in [0.05, 0.1) is 12.6 Å². The second kappa shape index (κ2) is 3.03. The van der Waals surface area contributed by atoms with E-state index < -0.39 is 18.6 Å². The SMILES string of the molecule is CC1N(C)CCOCC1(F)F. The van der Waals surface area contributed by atoms with Crippen molar-refractivity contribution in [2.75, 3.05) is 26.8 Å². The number of hydrogen-bond acceptors (Lipinski definition) is 2. The molecule has 1 aliphatic heterocycles. The molecule has 1 rings (SSSR count). The molecule has 0 aliphatic carbocycles. The number of ether oxygens (including phenoxy) is 1. The van der Waals surface area contributed by atoms with Crippen LogP contribution in [0.1, 0.15) is 6.92 Å². The molecule has 66 valence electrons. The fraction of sp³-hybridized carbons (Fsp3) is 1.00. The van der Waals surface area contributed by atoms with Crippen LogP contribution in [-0.2, 0) is 4.74 Å². The van der Waals surface area contributed by atoms with Gasteiger partial charge in [0, 0.05) is 6.54 Å². The lowest BCUT2D eigenvalue weighted by molar-refractivity contribution is -0.0949. The molecule has 0 aromatic carbocycles. The molecule has 0 spiro atoms. The zero-order valence-electron chi connectivity index (χ0n) is 6.81. The number of hydrogen-bond donors (Lipinski definition) is 0. The van der Waals surface area contributed by atoms with E-state index in [-0.39, 0.29) is 0 Å². The fourth-order valence-electron chi connectivity index (χ4n) is 1.05. The Hall–Kier alpha value is -0.220. The molecule has 0 bridgehead atoms. The molecule has 0 radical (unpaired) electrons. The van der Waals surface area contributed by atoms with Crippen molar-refractivity contribution >= 4 is 0 Å². The standard InChI is InChI=1S/C7H13F2NO/c1-6-7(8,9)5-11-4-3-10(6)2/h6H,3-5H2,1-2H3. The average molecular weight is 165 g/mol. The minimum Gasteiger partial charge on any atom is -0.374 e. The Morgan fingerprint density at radius 1 is 1.55 bits per heavy atom. The van der Waals surface area contributed by atoms with Crippen molar-refractivity contribution in [3.63, 3.8) is 0 Å². The summed E-state index contributed by atoms with van der Waals surface area (Å²) in [6.07, 6.45) is 0. The molecular formula is C7H13F2NO. The van der Waals surface area contributed by atoms with Crippen LogP contribution in [0.3, 0.4) is 0 Å². The summed E-state index contributed by atoms with van der Waals surface area (Å²) in [7, 11) is 1.69. The Kier molecular flexibility index (Phi) is 2.44. The summed E-state index contributed by atoms with van der Waals surface area (Å²) in [5.41, 5.74) is 0. The zero-order valence-corrected chi connectivity index (χ0v) is 6.81. The van der Waals surface area contributed by atoms with Crippen LogP contribution in [0.15, 0.2) is 0 Å². The first-order valence-electron chi connectivity index (χ1n) is 3.70. The monoisotopic (exact) mass is 165 g/mol. The van der Waals surface area contributed by atoms with Gasteiger partial charge in [-0.2, -0.15) is 0 Å². The van der Waals surface area contributed by atoms with Crippen molar-refractivity contribution in [2.45, 2.75) is 18.9 Å². The van der Waals surface area contributed by atoms with Gasteiger partial charge >= 0.3 is 0 Å². The van der Waals surface area contributed by atoms with Gasteiger partial charge in [-0.25, -0.2) is 8.78 Å². The molecule has 1 heterocycles. The quantitative estimate of drug-likeness (QED) is 0.530. The molecule has 0 aromatic heterocycles. The van der Waals surface area contributed by atoms with Gasteiger partial charge in [0.1, 0.15) is 6.61 Å². The molecule has 1 fully saturated rings. The first-order chi connectivity index (χ1) is 5.04. The highest BCUT2D eigenvalue weighted by molar-refractivity contribution is 4.82. The Morgan fingerprint density at radius 2 is 2.18 bits per heavy atom. The summed E-state index contributed by atoms with van der Waals surface area (Å²) in [4.78, 5) is 1.62. The van der Waals surface area contributed by atoms with Gasteiger partial charge in [-0.15, -0.1) is 0 Å². The number of alkyl halides is 2. The highest BCUT2D eigenvalue weighted by atomic mass is 19.3. The van der Waals surface area contributed by atoms with Gasteiger partial charge < -0.3 is 4.74 Å². The van der Waals surface area contributed by atoms with Crippen molar-refractivity contribution < 1.29 is 13.5 Å². The third kappa shape index (κ3) is 1.87. The van der Waals surface area contributed by atoms with E-state index in [1.54, 1.807) is 11.9 Å². The van der Waals surface area contributed by atoms with Gasteiger partial charge in [0.15, 0.2) is 0 Å². The van der Waals surface area contributed by atoms with Gasteiger partial charge in [0.2, 0.25) is 0 Å². The maximum atomic E-state index is 12.9. The molecule has 4 heteroatoms. The molecule has 11 heavy (non-hydrogen) atoms. The van der Waals surface area contributed by atoms with Crippen molar-refractivity contribution in [1.82, 2.24) is 4.90 Å². The average Bonchev–Trinajstić information content (AvgIpc) is 2.03. The van der Waals surface area contributed by atoms with E-state index in [0.29, 0.717) is 13.2 Å². The third-order valence-electron chi connectivity index (χ3n) is 2.16. The molecule has 2 nitrogen and oxygen atoms in total. The maximum Gasteiger partial charge on any atom is 0.285 e. The second-order valence-corrected chi connectivity index (χ2v) is 2.97. The fourth-order valence-corrected chi connectivity index (χ4v) is 1.05. The molecule has 0 amide bonds. The molecular weight excluding hydrogens is 152 g/mol. The summed E-state index contributed by atoms with van der Waals surface area (Å²) < 4.78 is 30.6. The van der Waals surface area contributed by atoms with Gasteiger partial charge in [-0.1, -0.05) is 0 Å². The molecule has 1 atom stereocenters. The molecule has 0 N–H and O–H groups in total. The van der Waals surface area contributed by atoms with Crippen LogP contribution < -0.4 is 0 Å². The van der Waals surface area contributed by atoms with Crippen LogP contribution >= 0.6 is 0 Å². The van der Waals surface area contributed by atoms with Gasteiger partial charge in [-0.05, 0) is 14.0 Å². The predicted octanol–water partition coefficient (Wildman–Crippen LogP) is 0.972. The normalized spacial score (nSPS) is 33.3. The lowest BCUT2D eigenvalue weighted by Crippen LogP contribution is -2.44. The van der Waals surface area contributed by atoms with Crippen molar-refractivity contribution in [3.05, 3.63) is 0 Å². The largest absolute Gasteiger partial charge is 0.374 e. The zero-order chi connectivity index (χ0) is 8.48. The highest BCUT2D eigenvalue weighted by Crippen LogP contribution is 2.24. The van der Waals surface area contributed by atoms with E-state index in [1.807, 2.05) is 0 Å². The third-order valence-corrected chi connectivity index (χ3v) is 2.16. The number of likely N-dealkylation sites (N-methyl/N-ethyl adjacent to an activating group) is 1. The Balaban J connectivity index is 2.65. The van der Waals surface area contributed by atoms with Crippen LogP contribution in [0.4, 0.5) is 8.78 Å². The first kappa shape index (κ1) is 8.87. The summed E-state index contributed by atoms with van der Waals surface area (Å²) in [5, 5.41) is 0. The Bertz CT molecular complexity index is 140. The molecule has 1 aliphatic rings. The molecule has 0 aromatic rings. The minimum atomic E-state index is -2.70. The van der Waals surface area contributed by atoms with Gasteiger partial charge in [0.25, 0.3) is 5.92 Å². The summed E-state index contributed by atoms with van der Waals surface area (Å²) in [6.45, 7) is 2.06. The van der Waals surface area contributed by atoms with Crippen LogP contribution in [0, 0.1) is 0 Å². The van der Waals surface area contributed by atoms with Crippen molar-refractivity contribution in [3.8, 4) is 0 Å². The highest BCUT2D eigenvalue weighted by Gasteiger charge is 2.40. The van der Waals surface area contributed by atoms with Crippen LogP contribution in [0.2, 0.25) is 0 Å². The topological polar surface area (TPSA) is 12.5 Å². The second-order valence-electron chi connectivity index (χ2n) is 2.97. The van der Waals surface area contributed by atoms with E-state index >= 15 is 0 Å². The lowest BCUT2D eigenvalue weighted by atomic mass is 10.1. The van der Waals surface area contributed by atoms with Crippen LogP contribution in [0.25, 0.3) is 0 Å². The van der Waals surface area contributed by atoms with Crippen molar-refractivity contribution in [2.24, 2.45) is 0 Å². The van der Waals surface area contributed by atoms with Crippen LogP contribution in [0.5, 0.6) is 0 Å². The van der Waals surface area contributed by atoms with E-state index in [4.69, 9.17) is 4.74 Å².